The van der Waals surface area contributed by atoms with E-state index in [0.29, 0.717) is 5.54 Å². The van der Waals surface area contributed by atoms with Crippen LogP contribution in [-0.4, -0.2) is 11.5 Å². The van der Waals surface area contributed by atoms with Crippen molar-refractivity contribution in [3.8, 4) is 0 Å². The summed E-state index contributed by atoms with van der Waals surface area (Å²) in [5, 5.41) is 12.4. The first-order valence-electron chi connectivity index (χ1n) is 7.03. The second-order valence-electron chi connectivity index (χ2n) is 5.91. The quantitative estimate of drug-likeness (QED) is 0.931. The van der Waals surface area contributed by atoms with E-state index in [1.165, 1.54) is 17.7 Å². The number of rotatable bonds is 3. The first-order chi connectivity index (χ1) is 9.88. The standard InChI is InChI=1S/C11H17N.C7H6O2/c1-11(2,3)12-9-10-7-5-4-6-8-10;8-7(9)6-4-2-1-3-5-6/h4-8,12H,9H2,1-3H3;1-5H,(H,8,9). The predicted octanol–water partition coefficient (Wildman–Crippen LogP) is 1.60. The van der Waals surface area contributed by atoms with Gasteiger partial charge < -0.3 is 15.2 Å². The summed E-state index contributed by atoms with van der Waals surface area (Å²) in [4.78, 5) is 10.1. The second-order valence-corrected chi connectivity index (χ2v) is 5.91. The minimum atomic E-state index is -1.13. The van der Waals surface area contributed by atoms with Crippen LogP contribution < -0.4 is 10.4 Å². The highest BCUT2D eigenvalue weighted by molar-refractivity contribution is 5.85. The molecule has 0 saturated carbocycles. The molecule has 112 valence electrons. The zero-order valence-corrected chi connectivity index (χ0v) is 12.9. The Labute approximate surface area is 126 Å². The molecule has 21 heavy (non-hydrogen) atoms. The van der Waals surface area contributed by atoms with E-state index in [0.717, 1.165) is 6.54 Å². The van der Waals surface area contributed by atoms with Crippen LogP contribution in [0.1, 0.15) is 36.7 Å². The van der Waals surface area contributed by atoms with Gasteiger partial charge in [-0.25, -0.2) is 0 Å². The van der Waals surface area contributed by atoms with E-state index in [2.05, 4.69) is 56.4 Å². The average molecular weight is 285 g/mol. The molecule has 2 aromatic rings. The van der Waals surface area contributed by atoms with Gasteiger partial charge in [0.2, 0.25) is 0 Å². The molecule has 0 amide bonds. The fourth-order valence-corrected chi connectivity index (χ4v) is 1.61. The van der Waals surface area contributed by atoms with Crippen molar-refractivity contribution in [2.24, 2.45) is 0 Å². The number of carbonyl (C=O) groups excluding carboxylic acids is 1. The van der Waals surface area contributed by atoms with Gasteiger partial charge in [-0.1, -0.05) is 60.7 Å². The van der Waals surface area contributed by atoms with Crippen molar-refractivity contribution in [3.63, 3.8) is 0 Å². The molecular weight excluding hydrogens is 262 g/mol. The fraction of sp³-hybridized carbons (Fsp3) is 0.278. The fourth-order valence-electron chi connectivity index (χ4n) is 1.61. The van der Waals surface area contributed by atoms with E-state index >= 15 is 0 Å². The molecule has 3 heteroatoms. The molecular formula is C18H23NO2. The molecule has 0 unspecified atom stereocenters. The first kappa shape index (κ1) is 16.9. The Hall–Kier alpha value is -2.13. The number of carboxylic acid groups (broad SMARTS) is 1. The van der Waals surface area contributed by atoms with Crippen LogP contribution in [0.15, 0.2) is 60.7 Å². The predicted molar refractivity (Wildman–Crippen MR) is 82.6 cm³/mol. The van der Waals surface area contributed by atoms with Crippen molar-refractivity contribution in [2.75, 3.05) is 0 Å². The number of quaternary nitrogens is 1. The monoisotopic (exact) mass is 285 g/mol. The molecule has 0 aliphatic rings. The minimum Gasteiger partial charge on any atom is -0.545 e. The molecule has 0 aromatic heterocycles. The van der Waals surface area contributed by atoms with E-state index in [1.54, 1.807) is 18.2 Å². The van der Waals surface area contributed by atoms with Gasteiger partial charge in [0.05, 0.1) is 11.5 Å². The Balaban J connectivity index is 0.000000219. The Kier molecular flexibility index (Phi) is 6.63. The molecule has 0 radical (unpaired) electrons. The average Bonchev–Trinajstić information content (AvgIpc) is 2.47. The summed E-state index contributed by atoms with van der Waals surface area (Å²) < 4.78 is 0. The lowest BCUT2D eigenvalue weighted by Gasteiger charge is -2.16. The molecule has 0 saturated heterocycles. The van der Waals surface area contributed by atoms with E-state index < -0.39 is 5.97 Å². The van der Waals surface area contributed by atoms with Crippen LogP contribution in [0.4, 0.5) is 0 Å². The zero-order chi connectivity index (χ0) is 15.7. The molecule has 0 aliphatic heterocycles. The summed E-state index contributed by atoms with van der Waals surface area (Å²) in [5.74, 6) is -1.13. The lowest BCUT2D eigenvalue weighted by atomic mass is 10.1. The van der Waals surface area contributed by atoms with Gasteiger partial charge >= 0.3 is 0 Å². The van der Waals surface area contributed by atoms with Gasteiger partial charge in [0.15, 0.2) is 0 Å². The molecule has 2 N–H and O–H groups in total. The van der Waals surface area contributed by atoms with Crippen molar-refractivity contribution < 1.29 is 15.2 Å². The van der Waals surface area contributed by atoms with Gasteiger partial charge in [-0.3, -0.25) is 0 Å². The van der Waals surface area contributed by atoms with E-state index in [-0.39, 0.29) is 5.56 Å². The number of carbonyl (C=O) groups is 1. The third-order valence-electron chi connectivity index (χ3n) is 2.80. The Morgan fingerprint density at radius 3 is 1.81 bits per heavy atom. The van der Waals surface area contributed by atoms with Crippen LogP contribution >= 0.6 is 0 Å². The largest absolute Gasteiger partial charge is 0.545 e. The van der Waals surface area contributed by atoms with E-state index in [4.69, 9.17) is 0 Å². The normalized spacial score (nSPS) is 10.4. The van der Waals surface area contributed by atoms with Gasteiger partial charge in [-0.05, 0) is 26.3 Å². The van der Waals surface area contributed by atoms with E-state index in [1.807, 2.05) is 0 Å². The highest BCUT2D eigenvalue weighted by atomic mass is 16.4. The number of benzene rings is 2. The first-order valence-corrected chi connectivity index (χ1v) is 7.03. The molecule has 0 atom stereocenters. The van der Waals surface area contributed by atoms with Crippen molar-refractivity contribution >= 4 is 5.97 Å². The topological polar surface area (TPSA) is 56.7 Å². The Morgan fingerprint density at radius 1 is 0.952 bits per heavy atom. The second kappa shape index (κ2) is 8.22. The molecule has 2 rings (SSSR count). The third-order valence-corrected chi connectivity index (χ3v) is 2.80. The molecule has 0 heterocycles. The lowest BCUT2D eigenvalue weighted by Crippen LogP contribution is -2.92. The molecule has 3 nitrogen and oxygen atoms in total. The van der Waals surface area contributed by atoms with Gasteiger partial charge in [-0.15, -0.1) is 0 Å². The van der Waals surface area contributed by atoms with Crippen molar-refractivity contribution in [1.29, 1.82) is 0 Å². The smallest absolute Gasteiger partial charge is 0.102 e. The van der Waals surface area contributed by atoms with Crippen molar-refractivity contribution in [3.05, 3.63) is 71.8 Å². The zero-order valence-electron chi connectivity index (χ0n) is 12.9. The van der Waals surface area contributed by atoms with Crippen molar-refractivity contribution in [1.82, 2.24) is 0 Å². The molecule has 2 aromatic carbocycles. The summed E-state index contributed by atoms with van der Waals surface area (Å²) in [6, 6.07) is 18.6. The Bertz CT molecular complexity index is 530. The Morgan fingerprint density at radius 2 is 1.43 bits per heavy atom. The van der Waals surface area contributed by atoms with Crippen LogP contribution in [-0.2, 0) is 6.54 Å². The summed E-state index contributed by atoms with van der Waals surface area (Å²) in [5.41, 5.74) is 1.94. The highest BCUT2D eigenvalue weighted by Crippen LogP contribution is 1.97. The maximum Gasteiger partial charge on any atom is 0.102 e. The van der Waals surface area contributed by atoms with E-state index in [9.17, 15) is 9.90 Å². The van der Waals surface area contributed by atoms with Crippen LogP contribution in [0.3, 0.4) is 0 Å². The SMILES string of the molecule is CC(C)(C)[NH2+]Cc1ccccc1.O=C([O-])c1ccccc1. The molecule has 0 bridgehead atoms. The summed E-state index contributed by atoms with van der Waals surface area (Å²) in [6.45, 7) is 7.77. The number of nitrogens with two attached hydrogens (primary N) is 1. The molecule has 0 fully saturated rings. The number of aromatic carboxylic acids is 1. The molecule has 0 aliphatic carbocycles. The van der Waals surface area contributed by atoms with Crippen LogP contribution in [0.2, 0.25) is 0 Å². The number of hydrogen-bond acceptors (Lipinski definition) is 2. The number of carboxylic acids is 1. The van der Waals surface area contributed by atoms with Crippen molar-refractivity contribution in [2.45, 2.75) is 32.9 Å². The maximum atomic E-state index is 10.1. The minimum absolute atomic E-state index is 0.220. The van der Waals surface area contributed by atoms with Gasteiger partial charge in [0.25, 0.3) is 0 Å². The summed E-state index contributed by atoms with van der Waals surface area (Å²) in [7, 11) is 0. The maximum absolute atomic E-state index is 10.1. The third kappa shape index (κ3) is 7.90. The molecule has 0 spiro atoms. The van der Waals surface area contributed by atoms with Crippen LogP contribution in [0, 0.1) is 0 Å². The van der Waals surface area contributed by atoms with Gasteiger partial charge in [-0.2, -0.15) is 0 Å². The summed E-state index contributed by atoms with van der Waals surface area (Å²) in [6.07, 6.45) is 0. The highest BCUT2D eigenvalue weighted by Gasteiger charge is 2.11. The van der Waals surface area contributed by atoms with Gasteiger partial charge in [0, 0.05) is 5.56 Å². The van der Waals surface area contributed by atoms with Gasteiger partial charge in [0.1, 0.15) is 6.54 Å². The number of hydrogen-bond donors (Lipinski definition) is 1. The van der Waals surface area contributed by atoms with Crippen LogP contribution in [0.25, 0.3) is 0 Å². The lowest BCUT2D eigenvalue weighted by molar-refractivity contribution is -0.731. The summed E-state index contributed by atoms with van der Waals surface area (Å²) >= 11 is 0. The van der Waals surface area contributed by atoms with Crippen LogP contribution in [0.5, 0.6) is 0 Å².